The average Bonchev–Trinajstić information content (AvgIpc) is 2.50. The van der Waals surface area contributed by atoms with Gasteiger partial charge in [-0.15, -0.1) is 0 Å². The van der Waals surface area contributed by atoms with E-state index >= 15 is 0 Å². The van der Waals surface area contributed by atoms with Gasteiger partial charge in [0, 0.05) is 18.7 Å². The fourth-order valence-electron chi connectivity index (χ4n) is 2.52. The predicted octanol–water partition coefficient (Wildman–Crippen LogP) is 2.96. The summed E-state index contributed by atoms with van der Waals surface area (Å²) in [6.07, 6.45) is 2.43. The van der Waals surface area contributed by atoms with Crippen molar-refractivity contribution in [3.05, 3.63) is 28.2 Å². The zero-order valence-corrected chi connectivity index (χ0v) is 13.8. The Kier molecular flexibility index (Phi) is 6.06. The van der Waals surface area contributed by atoms with E-state index in [-0.39, 0.29) is 18.4 Å². The lowest BCUT2D eigenvalue weighted by Crippen LogP contribution is -2.51. The summed E-state index contributed by atoms with van der Waals surface area (Å²) < 4.78 is 4.88. The Hall–Kier alpha value is -1.30. The Labute approximate surface area is 139 Å². The first-order valence-corrected chi connectivity index (χ1v) is 7.83. The molecule has 1 N–H and O–H groups in total. The van der Waals surface area contributed by atoms with Gasteiger partial charge < -0.3 is 15.0 Å². The van der Waals surface area contributed by atoms with Crippen molar-refractivity contribution in [1.29, 1.82) is 0 Å². The summed E-state index contributed by atoms with van der Waals surface area (Å²) in [5, 5.41) is 3.63. The number of methoxy groups -OCH3 is 1. The molecule has 0 bridgehead atoms. The van der Waals surface area contributed by atoms with Crippen LogP contribution in [0.5, 0.6) is 0 Å². The maximum atomic E-state index is 12.5. The number of halogens is 2. The van der Waals surface area contributed by atoms with Gasteiger partial charge >= 0.3 is 0 Å². The number of anilines is 1. The van der Waals surface area contributed by atoms with E-state index < -0.39 is 6.04 Å². The van der Waals surface area contributed by atoms with Crippen molar-refractivity contribution in [3.63, 3.8) is 0 Å². The fourth-order valence-corrected chi connectivity index (χ4v) is 2.97. The van der Waals surface area contributed by atoms with E-state index in [0.29, 0.717) is 28.7 Å². The van der Waals surface area contributed by atoms with Gasteiger partial charge in [0.25, 0.3) is 0 Å². The van der Waals surface area contributed by atoms with Gasteiger partial charge in [0.2, 0.25) is 11.8 Å². The number of hydrogen-bond donors (Lipinski definition) is 1. The summed E-state index contributed by atoms with van der Waals surface area (Å²) in [4.78, 5) is 26.1. The number of carbonyl (C=O) groups excluding carboxylic acids is 2. The standard InChI is InChI=1S/C15H18Cl2N2O3/c1-22-9-14(20)19-7-3-2-4-13(19)15(21)18-12-6-5-10(16)8-11(12)17/h5-6,8,13H,2-4,7,9H2,1H3,(H,18,21). The molecule has 0 spiro atoms. The largest absolute Gasteiger partial charge is 0.375 e. The molecule has 0 radical (unpaired) electrons. The monoisotopic (exact) mass is 344 g/mol. The van der Waals surface area contributed by atoms with Crippen LogP contribution in [0.4, 0.5) is 5.69 Å². The molecule has 2 rings (SSSR count). The topological polar surface area (TPSA) is 58.6 Å². The Balaban J connectivity index is 2.10. The second kappa shape index (κ2) is 7.81. The summed E-state index contributed by atoms with van der Waals surface area (Å²) in [6, 6.07) is 4.36. The number of amides is 2. The van der Waals surface area contributed by atoms with Crippen LogP contribution in [0.3, 0.4) is 0 Å². The maximum absolute atomic E-state index is 12.5. The number of hydrogen-bond acceptors (Lipinski definition) is 3. The van der Waals surface area contributed by atoms with Crippen LogP contribution in [0.15, 0.2) is 18.2 Å². The van der Waals surface area contributed by atoms with E-state index in [4.69, 9.17) is 27.9 Å². The third-order valence-electron chi connectivity index (χ3n) is 3.58. The molecule has 7 heteroatoms. The van der Waals surface area contributed by atoms with Crippen molar-refractivity contribution < 1.29 is 14.3 Å². The zero-order valence-electron chi connectivity index (χ0n) is 12.3. The maximum Gasteiger partial charge on any atom is 0.249 e. The number of nitrogens with zero attached hydrogens (tertiary/aromatic N) is 1. The van der Waals surface area contributed by atoms with Crippen molar-refractivity contribution in [2.75, 3.05) is 25.6 Å². The van der Waals surface area contributed by atoms with Crippen LogP contribution in [0.1, 0.15) is 19.3 Å². The Bertz CT molecular complexity index is 566. The molecule has 1 heterocycles. The summed E-state index contributed by atoms with van der Waals surface area (Å²) in [6.45, 7) is 0.542. The Morgan fingerprint density at radius 1 is 1.36 bits per heavy atom. The molecule has 1 aromatic rings. The van der Waals surface area contributed by atoms with E-state index in [9.17, 15) is 9.59 Å². The molecule has 1 aliphatic rings. The van der Waals surface area contributed by atoms with Gasteiger partial charge in [-0.05, 0) is 37.5 Å². The molecule has 22 heavy (non-hydrogen) atoms. The Morgan fingerprint density at radius 2 is 2.14 bits per heavy atom. The molecule has 0 aromatic heterocycles. The molecule has 120 valence electrons. The number of likely N-dealkylation sites (tertiary alicyclic amines) is 1. The SMILES string of the molecule is COCC(=O)N1CCCCC1C(=O)Nc1ccc(Cl)cc1Cl. The van der Waals surface area contributed by atoms with E-state index in [1.165, 1.54) is 7.11 Å². The first-order chi connectivity index (χ1) is 10.5. The number of rotatable bonds is 4. The molecule has 1 aliphatic heterocycles. The van der Waals surface area contributed by atoms with Crippen molar-refractivity contribution in [1.82, 2.24) is 4.90 Å². The molecule has 1 fully saturated rings. The minimum Gasteiger partial charge on any atom is -0.375 e. The van der Waals surface area contributed by atoms with Gasteiger partial charge in [-0.2, -0.15) is 0 Å². The first-order valence-electron chi connectivity index (χ1n) is 7.07. The Morgan fingerprint density at radius 3 is 2.82 bits per heavy atom. The van der Waals surface area contributed by atoms with Crippen LogP contribution < -0.4 is 5.32 Å². The highest BCUT2D eigenvalue weighted by atomic mass is 35.5. The van der Waals surface area contributed by atoms with E-state index in [2.05, 4.69) is 5.32 Å². The predicted molar refractivity (Wildman–Crippen MR) is 86.3 cm³/mol. The number of ether oxygens (including phenoxy) is 1. The van der Waals surface area contributed by atoms with Gasteiger partial charge in [0.15, 0.2) is 0 Å². The zero-order chi connectivity index (χ0) is 16.1. The van der Waals surface area contributed by atoms with Crippen molar-refractivity contribution in [2.45, 2.75) is 25.3 Å². The summed E-state index contributed by atoms with van der Waals surface area (Å²) >= 11 is 11.9. The number of benzene rings is 1. The van der Waals surface area contributed by atoms with Gasteiger partial charge in [0.1, 0.15) is 12.6 Å². The van der Waals surface area contributed by atoms with Crippen LogP contribution >= 0.6 is 23.2 Å². The lowest BCUT2D eigenvalue weighted by molar-refractivity contribution is -0.143. The molecule has 1 unspecified atom stereocenters. The van der Waals surface area contributed by atoms with Crippen LogP contribution in [0.25, 0.3) is 0 Å². The van der Waals surface area contributed by atoms with Crippen LogP contribution in [-0.4, -0.2) is 43.0 Å². The van der Waals surface area contributed by atoms with Crippen LogP contribution in [-0.2, 0) is 14.3 Å². The third kappa shape index (κ3) is 4.12. The summed E-state index contributed by atoms with van der Waals surface area (Å²) in [5.41, 5.74) is 0.487. The highest BCUT2D eigenvalue weighted by Crippen LogP contribution is 2.26. The van der Waals surface area contributed by atoms with Gasteiger partial charge in [0.05, 0.1) is 10.7 Å². The van der Waals surface area contributed by atoms with E-state index in [1.54, 1.807) is 23.1 Å². The molecule has 2 amide bonds. The summed E-state index contributed by atoms with van der Waals surface area (Å²) in [7, 11) is 1.46. The molecule has 1 aromatic carbocycles. The number of nitrogens with one attached hydrogen (secondary N) is 1. The van der Waals surface area contributed by atoms with Crippen molar-refractivity contribution >= 4 is 40.7 Å². The molecule has 1 saturated heterocycles. The lowest BCUT2D eigenvalue weighted by atomic mass is 10.0. The van der Waals surface area contributed by atoms with Crippen LogP contribution in [0, 0.1) is 0 Å². The van der Waals surface area contributed by atoms with Gasteiger partial charge in [-0.1, -0.05) is 23.2 Å². The molecule has 1 atom stereocenters. The fraction of sp³-hybridized carbons (Fsp3) is 0.467. The molecule has 0 saturated carbocycles. The molecular formula is C15H18Cl2N2O3. The van der Waals surface area contributed by atoms with Crippen LogP contribution in [0.2, 0.25) is 10.0 Å². The molecule has 5 nitrogen and oxygen atoms in total. The lowest BCUT2D eigenvalue weighted by Gasteiger charge is -2.34. The normalized spacial score (nSPS) is 18.1. The van der Waals surface area contributed by atoms with E-state index in [0.717, 1.165) is 12.8 Å². The third-order valence-corrected chi connectivity index (χ3v) is 4.13. The minimum atomic E-state index is -0.497. The highest BCUT2D eigenvalue weighted by Gasteiger charge is 2.32. The van der Waals surface area contributed by atoms with E-state index in [1.807, 2.05) is 0 Å². The smallest absolute Gasteiger partial charge is 0.249 e. The van der Waals surface area contributed by atoms with Crippen molar-refractivity contribution in [2.24, 2.45) is 0 Å². The quantitative estimate of drug-likeness (QED) is 0.913. The molecule has 0 aliphatic carbocycles. The highest BCUT2D eigenvalue weighted by molar-refractivity contribution is 6.36. The number of carbonyl (C=O) groups is 2. The number of piperidine rings is 1. The van der Waals surface area contributed by atoms with Gasteiger partial charge in [-0.3, -0.25) is 9.59 Å². The minimum absolute atomic E-state index is 0.0223. The second-order valence-corrected chi connectivity index (χ2v) is 5.99. The second-order valence-electron chi connectivity index (χ2n) is 5.15. The average molecular weight is 345 g/mol. The van der Waals surface area contributed by atoms with Crippen molar-refractivity contribution in [3.8, 4) is 0 Å². The van der Waals surface area contributed by atoms with Gasteiger partial charge in [-0.25, -0.2) is 0 Å². The first kappa shape index (κ1) is 17.1. The summed E-state index contributed by atoms with van der Waals surface area (Å²) in [5.74, 6) is -0.419. The molecular weight excluding hydrogens is 327 g/mol.